The number of aliphatic imine (C=N–C) groups is 1. The Morgan fingerprint density at radius 3 is 1.90 bits per heavy atom. The number of rotatable bonds is 4. The van der Waals surface area contributed by atoms with E-state index in [2.05, 4.69) is 186 Å². The van der Waals surface area contributed by atoms with Crippen LogP contribution in [-0.4, -0.2) is 10.3 Å². The molecule has 3 heteroatoms. The molecule has 0 spiro atoms. The van der Waals surface area contributed by atoms with E-state index in [1.807, 2.05) is 0 Å². The van der Waals surface area contributed by atoms with Gasteiger partial charge in [0.15, 0.2) is 0 Å². The summed E-state index contributed by atoms with van der Waals surface area (Å²) < 4.78 is 2.48. The van der Waals surface area contributed by atoms with Crippen LogP contribution in [0.2, 0.25) is 0 Å². The van der Waals surface area contributed by atoms with Crippen molar-refractivity contribution in [2.45, 2.75) is 11.6 Å². The van der Waals surface area contributed by atoms with E-state index in [1.165, 1.54) is 55.2 Å². The molecule has 0 amide bonds. The molecule has 10 rings (SSSR count). The predicted molar refractivity (Wildman–Crippen MR) is 198 cm³/mol. The molecule has 3 nitrogen and oxygen atoms in total. The van der Waals surface area contributed by atoms with Crippen LogP contribution in [0.1, 0.15) is 34.0 Å². The van der Waals surface area contributed by atoms with Gasteiger partial charge in [0.05, 0.1) is 33.5 Å². The molecule has 1 aliphatic carbocycles. The second-order valence-corrected chi connectivity index (χ2v) is 12.8. The van der Waals surface area contributed by atoms with Gasteiger partial charge in [-0.25, -0.2) is 4.99 Å². The second kappa shape index (κ2) is 10.4. The van der Waals surface area contributed by atoms with Gasteiger partial charge in [0.25, 0.3) is 0 Å². The van der Waals surface area contributed by atoms with Crippen LogP contribution in [0, 0.1) is 0 Å². The third kappa shape index (κ3) is 3.73. The van der Waals surface area contributed by atoms with Crippen molar-refractivity contribution in [1.29, 1.82) is 0 Å². The van der Waals surface area contributed by atoms with E-state index in [1.54, 1.807) is 0 Å². The Morgan fingerprint density at radius 1 is 0.500 bits per heavy atom. The Balaban J connectivity index is 1.33. The average Bonchev–Trinajstić information content (AvgIpc) is 3.64. The number of anilines is 1. The molecule has 226 valence electrons. The maximum Gasteiger partial charge on any atom is 0.148 e. The SMILES string of the molecule is c1ccc(C2=Nc3ccccc3NC2n2c3ccccc3c3cc4c(cc32)C(c2ccccc2)(c2ccccc2)c2ccccc2-4)cc1. The van der Waals surface area contributed by atoms with Crippen molar-refractivity contribution >= 4 is 38.9 Å². The minimum Gasteiger partial charge on any atom is -0.358 e. The monoisotopic (exact) mass is 613 g/mol. The van der Waals surface area contributed by atoms with Crippen LogP contribution in [-0.2, 0) is 5.41 Å². The summed E-state index contributed by atoms with van der Waals surface area (Å²) in [5.74, 6) is 0. The van der Waals surface area contributed by atoms with Crippen molar-refractivity contribution in [3.63, 3.8) is 0 Å². The molecule has 0 saturated carbocycles. The Hall–Kier alpha value is -6.19. The molecule has 0 bridgehead atoms. The van der Waals surface area contributed by atoms with Gasteiger partial charge in [-0.2, -0.15) is 0 Å². The third-order valence-corrected chi connectivity index (χ3v) is 10.3. The smallest absolute Gasteiger partial charge is 0.148 e. The van der Waals surface area contributed by atoms with Crippen LogP contribution in [0.3, 0.4) is 0 Å². The van der Waals surface area contributed by atoms with Crippen LogP contribution in [0.25, 0.3) is 32.9 Å². The van der Waals surface area contributed by atoms with Gasteiger partial charge in [0.1, 0.15) is 6.17 Å². The van der Waals surface area contributed by atoms with Gasteiger partial charge in [0, 0.05) is 16.3 Å². The number of hydrogen-bond acceptors (Lipinski definition) is 2. The van der Waals surface area contributed by atoms with Gasteiger partial charge < -0.3 is 9.88 Å². The number of fused-ring (bicyclic) bond motifs is 7. The third-order valence-electron chi connectivity index (χ3n) is 10.3. The highest BCUT2D eigenvalue weighted by atomic mass is 15.2. The van der Waals surface area contributed by atoms with Gasteiger partial charge >= 0.3 is 0 Å². The number of nitrogens with one attached hydrogen (secondary N) is 1. The van der Waals surface area contributed by atoms with Gasteiger partial charge in [0.2, 0.25) is 0 Å². The summed E-state index contributed by atoms with van der Waals surface area (Å²) in [6.07, 6.45) is -0.227. The van der Waals surface area contributed by atoms with Gasteiger partial charge in [-0.1, -0.05) is 146 Å². The minimum atomic E-state index is -0.479. The molecule has 2 heterocycles. The molecule has 0 saturated heterocycles. The molecule has 0 fully saturated rings. The number of benzene rings is 7. The molecule has 1 aliphatic heterocycles. The maximum atomic E-state index is 5.33. The van der Waals surface area contributed by atoms with E-state index in [0.29, 0.717) is 0 Å². The summed E-state index contributed by atoms with van der Waals surface area (Å²) in [4.78, 5) is 5.33. The van der Waals surface area contributed by atoms with Crippen LogP contribution in [0.5, 0.6) is 0 Å². The minimum absolute atomic E-state index is 0.227. The average molecular weight is 614 g/mol. The van der Waals surface area contributed by atoms with E-state index >= 15 is 0 Å². The molecule has 1 unspecified atom stereocenters. The molecule has 8 aromatic rings. The summed E-state index contributed by atoms with van der Waals surface area (Å²) >= 11 is 0. The van der Waals surface area contributed by atoms with Crippen LogP contribution in [0.4, 0.5) is 11.4 Å². The number of aromatic nitrogens is 1. The first kappa shape index (κ1) is 27.0. The molecular weight excluding hydrogens is 583 g/mol. The lowest BCUT2D eigenvalue weighted by molar-refractivity contribution is 0.750. The molecule has 48 heavy (non-hydrogen) atoms. The summed E-state index contributed by atoms with van der Waals surface area (Å²) in [5, 5.41) is 6.41. The highest BCUT2D eigenvalue weighted by Gasteiger charge is 2.46. The predicted octanol–water partition coefficient (Wildman–Crippen LogP) is 10.9. The van der Waals surface area contributed by atoms with E-state index < -0.39 is 5.41 Å². The summed E-state index contributed by atoms with van der Waals surface area (Å²) in [6.45, 7) is 0. The fourth-order valence-corrected chi connectivity index (χ4v) is 8.33. The Bertz CT molecular complexity index is 2490. The second-order valence-electron chi connectivity index (χ2n) is 12.8. The number of hydrogen-bond donors (Lipinski definition) is 1. The summed E-state index contributed by atoms with van der Waals surface area (Å²) in [5.41, 5.74) is 13.7. The molecule has 0 radical (unpaired) electrons. The fraction of sp³-hybridized carbons (Fsp3) is 0.0444. The molecule has 7 aromatic carbocycles. The van der Waals surface area contributed by atoms with Crippen molar-refractivity contribution in [2.75, 3.05) is 5.32 Å². The van der Waals surface area contributed by atoms with Crippen LogP contribution in [0.15, 0.2) is 181 Å². The summed E-state index contributed by atoms with van der Waals surface area (Å²) in [7, 11) is 0. The zero-order valence-corrected chi connectivity index (χ0v) is 26.2. The van der Waals surface area contributed by atoms with Crippen molar-refractivity contribution in [3.05, 3.63) is 204 Å². The van der Waals surface area contributed by atoms with E-state index in [-0.39, 0.29) is 6.17 Å². The highest BCUT2D eigenvalue weighted by molar-refractivity contribution is 6.15. The van der Waals surface area contributed by atoms with E-state index in [9.17, 15) is 0 Å². The lowest BCUT2D eigenvalue weighted by Crippen LogP contribution is -2.30. The maximum absolute atomic E-state index is 5.33. The van der Waals surface area contributed by atoms with Crippen LogP contribution >= 0.6 is 0 Å². The molecule has 2 aliphatic rings. The fourth-order valence-electron chi connectivity index (χ4n) is 8.33. The zero-order valence-electron chi connectivity index (χ0n) is 26.2. The normalized spacial score (nSPS) is 15.8. The molecular formula is C45H31N3. The van der Waals surface area contributed by atoms with Gasteiger partial charge in [-0.05, 0) is 63.7 Å². The van der Waals surface area contributed by atoms with Crippen molar-refractivity contribution in [3.8, 4) is 11.1 Å². The zero-order chi connectivity index (χ0) is 31.7. The van der Waals surface area contributed by atoms with Gasteiger partial charge in [-0.15, -0.1) is 0 Å². The van der Waals surface area contributed by atoms with Crippen molar-refractivity contribution < 1.29 is 0 Å². The quantitative estimate of drug-likeness (QED) is 0.210. The van der Waals surface area contributed by atoms with Crippen molar-refractivity contribution in [1.82, 2.24) is 4.57 Å². The first-order valence-electron chi connectivity index (χ1n) is 16.6. The van der Waals surface area contributed by atoms with Crippen LogP contribution < -0.4 is 5.32 Å². The largest absolute Gasteiger partial charge is 0.358 e. The highest BCUT2D eigenvalue weighted by Crippen LogP contribution is 2.57. The Labute approximate surface area is 279 Å². The van der Waals surface area contributed by atoms with Crippen molar-refractivity contribution in [2.24, 2.45) is 4.99 Å². The molecule has 1 N–H and O–H groups in total. The van der Waals surface area contributed by atoms with E-state index in [4.69, 9.17) is 4.99 Å². The first-order chi connectivity index (χ1) is 23.8. The number of para-hydroxylation sites is 3. The molecule has 1 aromatic heterocycles. The Kier molecular flexibility index (Phi) is 5.85. The lowest BCUT2D eigenvalue weighted by atomic mass is 9.67. The Morgan fingerprint density at radius 2 is 1.12 bits per heavy atom. The standard InChI is InChI=1S/C45H31N3/c1-4-16-30(17-5-1)43-44(47-40-26-14-13-25-39(40)46-43)48-41-27-15-11-23-34(41)36-28-35-33-22-10-12-24-37(33)45(38(35)29-42(36)48,31-18-6-2-7-19-31)32-20-8-3-9-21-32/h1-29,44,47H. The van der Waals surface area contributed by atoms with Gasteiger partial charge in [-0.3, -0.25) is 0 Å². The topological polar surface area (TPSA) is 29.3 Å². The molecule has 1 atom stereocenters. The van der Waals surface area contributed by atoms with E-state index in [0.717, 1.165) is 22.6 Å². The number of nitrogens with zero attached hydrogens (tertiary/aromatic N) is 2. The first-order valence-corrected chi connectivity index (χ1v) is 16.6. The lowest BCUT2D eigenvalue weighted by Gasteiger charge is -2.34. The summed E-state index contributed by atoms with van der Waals surface area (Å²) in [6, 6.07) is 63.7.